The summed E-state index contributed by atoms with van der Waals surface area (Å²) in [6.07, 6.45) is 1.36. The molecule has 0 aromatic heterocycles. The molecule has 0 saturated carbocycles. The number of hydrogen-bond acceptors (Lipinski definition) is 4. The number of carbonyl (C=O) groups excluding carboxylic acids is 1. The lowest BCUT2D eigenvalue weighted by Gasteiger charge is -2.42. The maximum absolute atomic E-state index is 14.2. The number of ketones is 1. The van der Waals surface area contributed by atoms with Crippen LogP contribution in [-0.4, -0.2) is 44.7 Å². The summed E-state index contributed by atoms with van der Waals surface area (Å²) in [6.45, 7) is 7.50. The van der Waals surface area contributed by atoms with Crippen LogP contribution in [0.25, 0.3) is 0 Å². The minimum absolute atomic E-state index is 0.160. The third-order valence-corrected chi connectivity index (χ3v) is 6.97. The number of ether oxygens (including phenoxy) is 1. The van der Waals surface area contributed by atoms with Crippen LogP contribution in [0, 0.1) is 6.92 Å². The fraction of sp³-hybridized carbons (Fsp3) is 0.345. The van der Waals surface area contributed by atoms with Gasteiger partial charge in [-0.3, -0.25) is 4.79 Å². The van der Waals surface area contributed by atoms with E-state index in [9.17, 15) is 4.79 Å². The van der Waals surface area contributed by atoms with Crippen molar-refractivity contribution in [2.75, 3.05) is 43.2 Å². The molecular weight excluding hydrogens is 408 g/mol. The second-order valence-corrected chi connectivity index (χ2v) is 8.87. The number of morpholine rings is 1. The molecule has 4 nitrogen and oxygen atoms in total. The van der Waals surface area contributed by atoms with Crippen LogP contribution < -0.4 is 9.80 Å². The molecule has 1 saturated heterocycles. The lowest BCUT2D eigenvalue weighted by atomic mass is 9.79. The summed E-state index contributed by atoms with van der Waals surface area (Å²) in [5.41, 5.74) is 4.64. The second kappa shape index (κ2) is 10.2. The maximum Gasteiger partial charge on any atom is 0.188 e. The zero-order valence-electron chi connectivity index (χ0n) is 20.0. The fourth-order valence-corrected chi connectivity index (χ4v) is 4.89. The molecule has 0 amide bonds. The van der Waals surface area contributed by atoms with Gasteiger partial charge < -0.3 is 14.5 Å². The molecule has 3 aromatic rings. The van der Waals surface area contributed by atoms with Crippen LogP contribution >= 0.6 is 0 Å². The Hall–Kier alpha value is -3.11. The summed E-state index contributed by atoms with van der Waals surface area (Å²) in [4.78, 5) is 18.8. The van der Waals surface area contributed by atoms with Crippen LogP contribution in [0.4, 0.5) is 11.4 Å². The number of nitrogens with zero attached hydrogens (tertiary/aromatic N) is 2. The van der Waals surface area contributed by atoms with Crippen LogP contribution in [0.3, 0.4) is 0 Å². The topological polar surface area (TPSA) is 32.8 Å². The number of carbonyl (C=O) groups is 1. The molecule has 33 heavy (non-hydrogen) atoms. The number of likely N-dealkylation sites (N-methyl/N-ethyl adjacent to an activating group) is 1. The SMILES string of the molecule is CCC(Cc1ccccc1)(C(=O)c1ccc(N2CCOCC2)cc1)N(C)c1ccccc1C. The van der Waals surface area contributed by atoms with Gasteiger partial charge in [0.2, 0.25) is 0 Å². The molecule has 1 heterocycles. The maximum atomic E-state index is 14.2. The lowest BCUT2D eigenvalue weighted by Crippen LogP contribution is -2.55. The van der Waals surface area contributed by atoms with Crippen molar-refractivity contribution in [1.29, 1.82) is 0 Å². The van der Waals surface area contributed by atoms with Crippen molar-refractivity contribution in [2.45, 2.75) is 32.2 Å². The van der Waals surface area contributed by atoms with Gasteiger partial charge in [-0.2, -0.15) is 0 Å². The highest BCUT2D eigenvalue weighted by molar-refractivity contribution is 6.05. The Labute approximate surface area is 197 Å². The number of benzene rings is 3. The van der Waals surface area contributed by atoms with E-state index < -0.39 is 5.54 Å². The Kier molecular flexibility index (Phi) is 7.14. The third-order valence-electron chi connectivity index (χ3n) is 6.97. The predicted octanol–water partition coefficient (Wildman–Crippen LogP) is 5.54. The van der Waals surface area contributed by atoms with E-state index >= 15 is 0 Å². The van der Waals surface area contributed by atoms with Crippen molar-refractivity contribution in [3.8, 4) is 0 Å². The molecule has 0 N–H and O–H groups in total. The largest absolute Gasteiger partial charge is 0.378 e. The van der Waals surface area contributed by atoms with Crippen molar-refractivity contribution in [1.82, 2.24) is 0 Å². The van der Waals surface area contributed by atoms with Gasteiger partial charge in [-0.1, -0.05) is 55.5 Å². The average molecular weight is 443 g/mol. The van der Waals surface area contributed by atoms with E-state index in [2.05, 4.69) is 67.1 Å². The highest BCUT2D eigenvalue weighted by atomic mass is 16.5. The number of rotatable bonds is 8. The molecule has 172 valence electrons. The number of aryl methyl sites for hydroxylation is 1. The molecular formula is C29H34N2O2. The van der Waals surface area contributed by atoms with Crippen molar-refractivity contribution < 1.29 is 9.53 Å². The lowest BCUT2D eigenvalue weighted by molar-refractivity contribution is 0.0878. The zero-order chi connectivity index (χ0) is 23.3. The number of para-hydroxylation sites is 1. The molecule has 0 radical (unpaired) electrons. The van der Waals surface area contributed by atoms with Crippen LogP contribution in [0.2, 0.25) is 0 Å². The molecule has 4 rings (SSSR count). The normalized spacial score (nSPS) is 15.7. The first kappa shape index (κ1) is 23.1. The molecule has 1 fully saturated rings. The van der Waals surface area contributed by atoms with Crippen LogP contribution in [0.1, 0.15) is 34.8 Å². The summed E-state index contributed by atoms with van der Waals surface area (Å²) >= 11 is 0. The van der Waals surface area contributed by atoms with E-state index in [0.29, 0.717) is 12.8 Å². The van der Waals surface area contributed by atoms with E-state index in [1.807, 2.05) is 42.5 Å². The Morgan fingerprint density at radius 2 is 1.58 bits per heavy atom. The van der Waals surface area contributed by atoms with Gasteiger partial charge in [0, 0.05) is 43.5 Å². The van der Waals surface area contributed by atoms with Crippen LogP contribution in [0.15, 0.2) is 78.9 Å². The van der Waals surface area contributed by atoms with Gasteiger partial charge in [-0.05, 0) is 54.8 Å². The summed E-state index contributed by atoms with van der Waals surface area (Å²) < 4.78 is 5.48. The smallest absolute Gasteiger partial charge is 0.188 e. The molecule has 1 unspecified atom stereocenters. The van der Waals surface area contributed by atoms with Gasteiger partial charge in [0.15, 0.2) is 5.78 Å². The van der Waals surface area contributed by atoms with E-state index in [1.54, 1.807) is 0 Å². The standard InChI is InChI=1S/C29H34N2O2/c1-4-29(22-24-11-6-5-7-12-24,30(3)27-13-9-8-10-23(27)2)28(32)25-14-16-26(17-15-25)31-18-20-33-21-19-31/h5-17H,4,18-22H2,1-3H3. The minimum Gasteiger partial charge on any atom is -0.378 e. The molecule has 1 atom stereocenters. The van der Waals surface area contributed by atoms with Gasteiger partial charge in [-0.25, -0.2) is 0 Å². The molecule has 1 aliphatic rings. The number of anilines is 2. The molecule has 4 heteroatoms. The summed E-state index contributed by atoms with van der Waals surface area (Å²) in [5.74, 6) is 0.160. The fourth-order valence-electron chi connectivity index (χ4n) is 4.89. The van der Waals surface area contributed by atoms with Crippen LogP contribution in [-0.2, 0) is 11.2 Å². The third kappa shape index (κ3) is 4.81. The molecule has 3 aromatic carbocycles. The molecule has 0 aliphatic carbocycles. The second-order valence-electron chi connectivity index (χ2n) is 8.87. The van der Waals surface area contributed by atoms with Gasteiger partial charge in [0.25, 0.3) is 0 Å². The monoisotopic (exact) mass is 442 g/mol. The Morgan fingerprint density at radius 1 is 0.939 bits per heavy atom. The predicted molar refractivity (Wildman–Crippen MR) is 137 cm³/mol. The van der Waals surface area contributed by atoms with Crippen LogP contribution in [0.5, 0.6) is 0 Å². The quantitative estimate of drug-likeness (QED) is 0.429. The molecule has 1 aliphatic heterocycles. The Morgan fingerprint density at radius 3 is 2.21 bits per heavy atom. The Balaban J connectivity index is 1.71. The highest BCUT2D eigenvalue weighted by Gasteiger charge is 2.42. The minimum atomic E-state index is -0.687. The molecule has 0 bridgehead atoms. The van der Waals surface area contributed by atoms with E-state index in [0.717, 1.165) is 48.8 Å². The van der Waals surface area contributed by atoms with Crippen molar-refractivity contribution in [3.05, 3.63) is 95.6 Å². The number of hydrogen-bond donors (Lipinski definition) is 0. The summed E-state index contributed by atoms with van der Waals surface area (Å²) in [7, 11) is 2.06. The van der Waals surface area contributed by atoms with E-state index in [-0.39, 0.29) is 5.78 Å². The van der Waals surface area contributed by atoms with Crippen molar-refractivity contribution in [2.24, 2.45) is 0 Å². The van der Waals surface area contributed by atoms with Gasteiger partial charge >= 0.3 is 0 Å². The first-order valence-corrected chi connectivity index (χ1v) is 11.9. The zero-order valence-corrected chi connectivity index (χ0v) is 20.0. The highest BCUT2D eigenvalue weighted by Crippen LogP contribution is 2.34. The van der Waals surface area contributed by atoms with E-state index in [4.69, 9.17) is 4.74 Å². The van der Waals surface area contributed by atoms with Crippen molar-refractivity contribution >= 4 is 17.2 Å². The average Bonchev–Trinajstić information content (AvgIpc) is 2.88. The summed E-state index contributed by atoms with van der Waals surface area (Å²) in [6, 6.07) is 26.8. The first-order valence-electron chi connectivity index (χ1n) is 11.9. The first-order chi connectivity index (χ1) is 16.0. The van der Waals surface area contributed by atoms with Gasteiger partial charge in [-0.15, -0.1) is 0 Å². The summed E-state index contributed by atoms with van der Waals surface area (Å²) in [5, 5.41) is 0. The van der Waals surface area contributed by atoms with E-state index in [1.165, 1.54) is 5.56 Å². The van der Waals surface area contributed by atoms with Crippen molar-refractivity contribution in [3.63, 3.8) is 0 Å². The van der Waals surface area contributed by atoms with Gasteiger partial charge in [0.05, 0.1) is 13.2 Å². The molecule has 0 spiro atoms. The number of Topliss-reactive ketones (excluding diaryl/α,β-unsaturated/α-hetero) is 1. The van der Waals surface area contributed by atoms with Gasteiger partial charge in [0.1, 0.15) is 5.54 Å². The Bertz CT molecular complexity index is 1060.